The van der Waals surface area contributed by atoms with Crippen molar-refractivity contribution in [1.29, 1.82) is 0 Å². The van der Waals surface area contributed by atoms with Gasteiger partial charge in [0.25, 0.3) is 0 Å². The second-order valence-corrected chi connectivity index (χ2v) is 10.1. The van der Waals surface area contributed by atoms with E-state index in [9.17, 15) is 9.90 Å². The van der Waals surface area contributed by atoms with E-state index in [-0.39, 0.29) is 6.61 Å². The topological polar surface area (TPSA) is 67.8 Å². The summed E-state index contributed by atoms with van der Waals surface area (Å²) in [6, 6.07) is 7.43. The average molecular weight is 464 g/mol. The van der Waals surface area contributed by atoms with Gasteiger partial charge in [-0.2, -0.15) is 0 Å². The molecule has 33 heavy (non-hydrogen) atoms. The highest BCUT2D eigenvalue weighted by Crippen LogP contribution is 2.21. The van der Waals surface area contributed by atoms with Gasteiger partial charge in [-0.05, 0) is 45.2 Å². The number of carbonyl (C=O) groups is 1. The van der Waals surface area contributed by atoms with Crippen molar-refractivity contribution in [3.8, 4) is 5.75 Å². The van der Waals surface area contributed by atoms with Gasteiger partial charge in [0.2, 0.25) is 0 Å². The summed E-state index contributed by atoms with van der Waals surface area (Å²) in [5.74, 6) is 0.824. The molecular formula is C28H49NO4. The maximum Gasteiger partial charge on any atom is 0.407 e. The van der Waals surface area contributed by atoms with Crippen molar-refractivity contribution in [2.24, 2.45) is 0 Å². The Kier molecular flexibility index (Phi) is 15.7. The van der Waals surface area contributed by atoms with Crippen LogP contribution in [0.3, 0.4) is 0 Å². The number of aliphatic hydroxyl groups excluding tert-OH is 1. The van der Waals surface area contributed by atoms with E-state index in [0.29, 0.717) is 13.0 Å². The zero-order valence-electron chi connectivity index (χ0n) is 21.7. The minimum Gasteiger partial charge on any atom is -0.493 e. The lowest BCUT2D eigenvalue weighted by atomic mass is 10.0. The van der Waals surface area contributed by atoms with Crippen LogP contribution in [0.2, 0.25) is 0 Å². The van der Waals surface area contributed by atoms with Crippen LogP contribution in [0.1, 0.15) is 110 Å². The molecule has 0 saturated carbocycles. The van der Waals surface area contributed by atoms with Crippen LogP contribution in [0.15, 0.2) is 24.3 Å². The molecule has 190 valence electrons. The van der Waals surface area contributed by atoms with E-state index in [1.54, 1.807) is 0 Å². The van der Waals surface area contributed by atoms with E-state index >= 15 is 0 Å². The number of rotatable bonds is 18. The first-order valence-electron chi connectivity index (χ1n) is 13.2. The lowest BCUT2D eigenvalue weighted by Crippen LogP contribution is -2.42. The van der Waals surface area contributed by atoms with Crippen molar-refractivity contribution in [2.45, 2.75) is 123 Å². The third kappa shape index (κ3) is 15.7. The maximum atomic E-state index is 12.0. The Morgan fingerprint density at radius 3 is 2.00 bits per heavy atom. The number of hydrogen-bond acceptors (Lipinski definition) is 4. The van der Waals surface area contributed by atoms with Crippen LogP contribution in [0.5, 0.6) is 5.75 Å². The molecule has 1 aromatic rings. The van der Waals surface area contributed by atoms with E-state index in [1.165, 1.54) is 70.6 Å². The first-order valence-corrected chi connectivity index (χ1v) is 13.2. The fourth-order valence-electron chi connectivity index (χ4n) is 3.84. The van der Waals surface area contributed by atoms with Gasteiger partial charge in [0.05, 0.1) is 19.3 Å². The lowest BCUT2D eigenvalue weighted by molar-refractivity contribution is 0.0482. The second kappa shape index (κ2) is 17.7. The molecule has 0 aliphatic heterocycles. The molecule has 1 atom stereocenters. The molecule has 0 unspecified atom stereocenters. The summed E-state index contributed by atoms with van der Waals surface area (Å²) in [6.45, 7) is 8.25. The predicted octanol–water partition coefficient (Wildman–Crippen LogP) is 7.19. The molecular weight excluding hydrogens is 414 g/mol. The smallest absolute Gasteiger partial charge is 0.407 e. The average Bonchev–Trinajstić information content (AvgIpc) is 2.76. The Bertz CT molecular complexity index is 627. The molecule has 0 fully saturated rings. The molecule has 0 bridgehead atoms. The van der Waals surface area contributed by atoms with Gasteiger partial charge in [-0.1, -0.05) is 95.8 Å². The summed E-state index contributed by atoms with van der Waals surface area (Å²) < 4.78 is 11.3. The summed E-state index contributed by atoms with van der Waals surface area (Å²) in [5.41, 5.74) is 0.408. The highest BCUT2D eigenvalue weighted by Gasteiger charge is 2.20. The van der Waals surface area contributed by atoms with E-state index in [1.807, 2.05) is 45.0 Å². The standard InChI is InChI=1S/C28H49NO4/c1-5-6-7-8-9-10-11-12-13-14-15-18-21-32-26-20-17-16-19-24(26)22-25(23-30)29-27(31)33-28(2,3)4/h16-17,19-20,25,30H,5-15,18,21-23H2,1-4H3,(H,29,31)/t25-/m1/s1. The molecule has 0 heterocycles. The fraction of sp³-hybridized carbons (Fsp3) is 0.750. The molecule has 0 aliphatic rings. The molecule has 2 N–H and O–H groups in total. The van der Waals surface area contributed by atoms with E-state index < -0.39 is 17.7 Å². The maximum absolute atomic E-state index is 12.0. The number of alkyl carbamates (subject to hydrolysis) is 1. The van der Waals surface area contributed by atoms with E-state index in [0.717, 1.165) is 17.7 Å². The Labute approximate surface area is 202 Å². The molecule has 1 rings (SSSR count). The quantitative estimate of drug-likeness (QED) is 0.226. The SMILES string of the molecule is CCCCCCCCCCCCCCOc1ccccc1C[C@H](CO)NC(=O)OC(C)(C)C. The zero-order chi connectivity index (χ0) is 24.4. The molecule has 0 radical (unpaired) electrons. The highest BCUT2D eigenvalue weighted by atomic mass is 16.6. The second-order valence-electron chi connectivity index (χ2n) is 10.1. The molecule has 0 aliphatic carbocycles. The Morgan fingerprint density at radius 2 is 1.45 bits per heavy atom. The van der Waals surface area contributed by atoms with Crippen molar-refractivity contribution in [3.63, 3.8) is 0 Å². The van der Waals surface area contributed by atoms with Crippen molar-refractivity contribution >= 4 is 6.09 Å². The van der Waals surface area contributed by atoms with Crippen molar-refractivity contribution in [2.75, 3.05) is 13.2 Å². The number of ether oxygens (including phenoxy) is 2. The normalized spacial score (nSPS) is 12.4. The number of nitrogens with one attached hydrogen (secondary N) is 1. The summed E-state index contributed by atoms with van der Waals surface area (Å²) >= 11 is 0. The first kappa shape index (κ1) is 29.3. The lowest BCUT2D eigenvalue weighted by Gasteiger charge is -2.23. The zero-order valence-corrected chi connectivity index (χ0v) is 21.7. The van der Waals surface area contributed by atoms with Crippen LogP contribution in [0, 0.1) is 0 Å². The van der Waals surface area contributed by atoms with Gasteiger partial charge < -0.3 is 19.9 Å². The molecule has 5 nitrogen and oxygen atoms in total. The molecule has 1 amide bonds. The summed E-state index contributed by atoms with van der Waals surface area (Å²) in [5, 5.41) is 12.5. The number of hydrogen-bond donors (Lipinski definition) is 2. The van der Waals surface area contributed by atoms with Gasteiger partial charge in [0, 0.05) is 0 Å². The number of amides is 1. The van der Waals surface area contributed by atoms with E-state index in [4.69, 9.17) is 9.47 Å². The molecule has 0 aromatic heterocycles. The van der Waals surface area contributed by atoms with Crippen LogP contribution in [-0.2, 0) is 11.2 Å². The minimum atomic E-state index is -0.570. The van der Waals surface area contributed by atoms with Crippen LogP contribution in [0.4, 0.5) is 4.79 Å². The van der Waals surface area contributed by atoms with Gasteiger partial charge in [-0.15, -0.1) is 0 Å². The summed E-state index contributed by atoms with van der Waals surface area (Å²) in [4.78, 5) is 12.0. The molecule has 0 spiro atoms. The van der Waals surface area contributed by atoms with Gasteiger partial charge in [0.1, 0.15) is 11.4 Å². The monoisotopic (exact) mass is 463 g/mol. The highest BCUT2D eigenvalue weighted by molar-refractivity contribution is 5.68. The summed E-state index contributed by atoms with van der Waals surface area (Å²) in [6.07, 6.45) is 15.8. The van der Waals surface area contributed by atoms with Crippen LogP contribution >= 0.6 is 0 Å². The van der Waals surface area contributed by atoms with Gasteiger partial charge in [-0.25, -0.2) is 4.79 Å². The predicted molar refractivity (Wildman–Crippen MR) is 137 cm³/mol. The number of unbranched alkanes of at least 4 members (excludes halogenated alkanes) is 11. The Morgan fingerprint density at radius 1 is 0.909 bits per heavy atom. The minimum absolute atomic E-state index is 0.160. The van der Waals surface area contributed by atoms with Crippen LogP contribution in [0.25, 0.3) is 0 Å². The Balaban J connectivity index is 2.24. The number of para-hydroxylation sites is 1. The van der Waals surface area contributed by atoms with Gasteiger partial charge in [0.15, 0.2) is 0 Å². The fourth-order valence-corrected chi connectivity index (χ4v) is 3.84. The molecule has 0 saturated heterocycles. The molecule has 5 heteroatoms. The van der Waals surface area contributed by atoms with Gasteiger partial charge in [-0.3, -0.25) is 0 Å². The first-order chi connectivity index (χ1) is 15.9. The number of benzene rings is 1. The number of aliphatic hydroxyl groups is 1. The third-order valence-electron chi connectivity index (χ3n) is 5.64. The Hall–Kier alpha value is -1.75. The largest absolute Gasteiger partial charge is 0.493 e. The van der Waals surface area contributed by atoms with Crippen molar-refractivity contribution in [1.82, 2.24) is 5.32 Å². The van der Waals surface area contributed by atoms with E-state index in [2.05, 4.69) is 12.2 Å². The van der Waals surface area contributed by atoms with Crippen molar-refractivity contribution in [3.05, 3.63) is 29.8 Å². The van der Waals surface area contributed by atoms with Gasteiger partial charge >= 0.3 is 6.09 Å². The molecule has 1 aromatic carbocycles. The summed E-state index contributed by atoms with van der Waals surface area (Å²) in [7, 11) is 0. The van der Waals surface area contributed by atoms with Crippen LogP contribution < -0.4 is 10.1 Å². The third-order valence-corrected chi connectivity index (χ3v) is 5.64. The van der Waals surface area contributed by atoms with Crippen LogP contribution in [-0.4, -0.2) is 36.1 Å². The number of carbonyl (C=O) groups excluding carboxylic acids is 1. The van der Waals surface area contributed by atoms with Crippen molar-refractivity contribution < 1.29 is 19.4 Å².